The van der Waals surface area contributed by atoms with Crippen LogP contribution < -0.4 is 5.11 Å². The van der Waals surface area contributed by atoms with Gasteiger partial charge in [-0.2, -0.15) is 0 Å². The van der Waals surface area contributed by atoms with E-state index in [-0.39, 0.29) is 5.41 Å². The molecule has 0 bridgehead atoms. The minimum Gasteiger partial charge on any atom is -0.537 e. The van der Waals surface area contributed by atoms with Crippen molar-refractivity contribution in [2.75, 3.05) is 0 Å². The van der Waals surface area contributed by atoms with Gasteiger partial charge in [0.1, 0.15) is 11.8 Å². The number of fused-ring (bicyclic) bond motifs is 5. The monoisotopic (exact) mass is 321 g/mol. The summed E-state index contributed by atoms with van der Waals surface area (Å²) >= 11 is 0. The van der Waals surface area contributed by atoms with E-state index in [0.29, 0.717) is 23.5 Å². The van der Waals surface area contributed by atoms with Crippen molar-refractivity contribution in [2.45, 2.75) is 51.4 Å². The first kappa shape index (κ1) is 15.4. The van der Waals surface area contributed by atoms with Crippen LogP contribution in [0.3, 0.4) is 0 Å². The Balaban J connectivity index is 1.65. The van der Waals surface area contributed by atoms with Crippen molar-refractivity contribution in [3.63, 3.8) is 0 Å². The van der Waals surface area contributed by atoms with Gasteiger partial charge in [0.05, 0.1) is 0 Å². The van der Waals surface area contributed by atoms with Gasteiger partial charge in [-0.25, -0.2) is 0 Å². The molecular formula is C21H21O3-. The molecule has 2 saturated carbocycles. The minimum absolute atomic E-state index is 0.0847. The zero-order chi connectivity index (χ0) is 16.9. The van der Waals surface area contributed by atoms with Gasteiger partial charge >= 0.3 is 0 Å². The maximum Gasteiger partial charge on any atom is 0.139 e. The van der Waals surface area contributed by atoms with Crippen LogP contribution >= 0.6 is 0 Å². The molecule has 4 atom stereocenters. The number of aliphatic carboxylic acids is 1. The van der Waals surface area contributed by atoms with Crippen LogP contribution in [-0.4, -0.2) is 11.8 Å². The second-order valence-corrected chi connectivity index (χ2v) is 7.78. The van der Waals surface area contributed by atoms with Crippen molar-refractivity contribution < 1.29 is 14.7 Å². The number of carbonyl (C=O) groups excluding carboxylic acids is 2. The number of Topliss-reactive ketones (excluding diaryl/α,β-unsaturated/α-hetero) is 1. The zero-order valence-corrected chi connectivity index (χ0v) is 13.9. The first-order valence-corrected chi connectivity index (χ1v) is 8.88. The van der Waals surface area contributed by atoms with Gasteiger partial charge in [0, 0.05) is 17.4 Å². The first-order valence-electron chi connectivity index (χ1n) is 8.88. The van der Waals surface area contributed by atoms with Crippen LogP contribution in [0.5, 0.6) is 0 Å². The van der Waals surface area contributed by atoms with E-state index in [1.165, 1.54) is 11.1 Å². The minimum atomic E-state index is -1.34. The fourth-order valence-corrected chi connectivity index (χ4v) is 5.55. The molecule has 3 aliphatic rings. The summed E-state index contributed by atoms with van der Waals surface area (Å²) in [5.74, 6) is 5.57. The van der Waals surface area contributed by atoms with Crippen molar-refractivity contribution in [1.82, 2.24) is 0 Å². The summed E-state index contributed by atoms with van der Waals surface area (Å²) in [6.45, 7) is 2.19. The maximum atomic E-state index is 12.4. The van der Waals surface area contributed by atoms with Gasteiger partial charge < -0.3 is 9.90 Å². The number of carboxylic acids is 1. The lowest BCUT2D eigenvalue weighted by Gasteiger charge is -2.48. The summed E-state index contributed by atoms with van der Waals surface area (Å²) in [5.41, 5.74) is 3.35. The van der Waals surface area contributed by atoms with Gasteiger partial charge in [-0.3, -0.25) is 4.79 Å². The van der Waals surface area contributed by atoms with Crippen molar-refractivity contribution in [2.24, 2.45) is 17.3 Å². The van der Waals surface area contributed by atoms with Crippen LogP contribution in [0.25, 0.3) is 0 Å². The number of carboxylic acid groups (broad SMARTS) is 1. The van der Waals surface area contributed by atoms with Gasteiger partial charge in [0.25, 0.3) is 0 Å². The molecule has 3 unspecified atom stereocenters. The molecule has 1 aromatic carbocycles. The van der Waals surface area contributed by atoms with Crippen LogP contribution in [0, 0.1) is 29.1 Å². The Hall–Kier alpha value is -2.08. The van der Waals surface area contributed by atoms with Gasteiger partial charge in [-0.15, -0.1) is 0 Å². The average Bonchev–Trinajstić information content (AvgIpc) is 2.88. The van der Waals surface area contributed by atoms with Crippen molar-refractivity contribution in [1.29, 1.82) is 0 Å². The Morgan fingerprint density at radius 1 is 1.25 bits per heavy atom. The third kappa shape index (κ3) is 2.28. The number of ketones is 1. The fourth-order valence-electron chi connectivity index (χ4n) is 5.55. The quantitative estimate of drug-likeness (QED) is 0.689. The first-order chi connectivity index (χ1) is 11.5. The molecule has 1 aromatic rings. The van der Waals surface area contributed by atoms with Crippen molar-refractivity contribution in [3.05, 3.63) is 34.9 Å². The fraction of sp³-hybridized carbons (Fsp3) is 0.524. The third-order valence-electron chi connectivity index (χ3n) is 6.74. The Morgan fingerprint density at radius 2 is 2.08 bits per heavy atom. The van der Waals surface area contributed by atoms with E-state index >= 15 is 0 Å². The highest BCUT2D eigenvalue weighted by atomic mass is 16.4. The molecule has 0 aromatic heterocycles. The molecule has 0 saturated heterocycles. The highest BCUT2D eigenvalue weighted by molar-refractivity contribution is 5.87. The molecule has 0 radical (unpaired) electrons. The largest absolute Gasteiger partial charge is 0.537 e. The molecule has 3 aliphatic carbocycles. The van der Waals surface area contributed by atoms with E-state index in [1.807, 2.05) is 12.1 Å². The number of aryl methyl sites for hydroxylation is 1. The van der Waals surface area contributed by atoms with Crippen molar-refractivity contribution in [3.8, 4) is 11.8 Å². The second-order valence-electron chi connectivity index (χ2n) is 7.78. The summed E-state index contributed by atoms with van der Waals surface area (Å²) in [4.78, 5) is 22.9. The number of carbonyl (C=O) groups is 2. The van der Waals surface area contributed by atoms with Crippen molar-refractivity contribution >= 4 is 11.8 Å². The Labute approximate surface area is 142 Å². The highest BCUT2D eigenvalue weighted by Gasteiger charge is 2.54. The van der Waals surface area contributed by atoms with Gasteiger partial charge in [0.2, 0.25) is 0 Å². The lowest BCUT2D eigenvalue weighted by atomic mass is 9.55. The summed E-state index contributed by atoms with van der Waals surface area (Å²) < 4.78 is 0. The Morgan fingerprint density at radius 3 is 2.88 bits per heavy atom. The normalized spacial score (nSPS) is 33.7. The molecule has 0 aliphatic heterocycles. The van der Waals surface area contributed by atoms with E-state index in [2.05, 4.69) is 24.8 Å². The van der Waals surface area contributed by atoms with Gasteiger partial charge in [0.15, 0.2) is 0 Å². The highest BCUT2D eigenvalue weighted by Crippen LogP contribution is 2.59. The van der Waals surface area contributed by atoms with Crippen LogP contribution in [-0.2, 0) is 16.0 Å². The zero-order valence-electron chi connectivity index (χ0n) is 13.9. The molecule has 0 N–H and O–H groups in total. The molecule has 3 nitrogen and oxygen atoms in total. The summed E-state index contributed by atoms with van der Waals surface area (Å²) in [6, 6.07) is 6.09. The topological polar surface area (TPSA) is 57.2 Å². The molecule has 0 heterocycles. The van der Waals surface area contributed by atoms with Crippen LogP contribution in [0.15, 0.2) is 18.2 Å². The van der Waals surface area contributed by atoms with Crippen LogP contribution in [0.1, 0.15) is 61.6 Å². The van der Waals surface area contributed by atoms with Crippen LogP contribution in [0.4, 0.5) is 0 Å². The summed E-state index contributed by atoms with van der Waals surface area (Å²) in [6.07, 6.45) is 6.03. The molecule has 4 rings (SSSR count). The predicted molar refractivity (Wildman–Crippen MR) is 88.0 cm³/mol. The smallest absolute Gasteiger partial charge is 0.139 e. The number of hydrogen-bond donors (Lipinski definition) is 0. The summed E-state index contributed by atoms with van der Waals surface area (Å²) in [5, 5.41) is 10.5. The summed E-state index contributed by atoms with van der Waals surface area (Å²) in [7, 11) is 0. The molecule has 24 heavy (non-hydrogen) atoms. The van der Waals surface area contributed by atoms with E-state index in [4.69, 9.17) is 0 Å². The maximum absolute atomic E-state index is 12.4. The molecule has 2 fully saturated rings. The lowest BCUT2D eigenvalue weighted by molar-refractivity contribution is -0.295. The van der Waals surface area contributed by atoms with E-state index < -0.39 is 5.97 Å². The lowest BCUT2D eigenvalue weighted by Crippen LogP contribution is -2.42. The van der Waals surface area contributed by atoms with E-state index in [9.17, 15) is 14.7 Å². The Bertz CT molecular complexity index is 782. The number of benzene rings is 1. The molecule has 0 spiro atoms. The Kier molecular flexibility index (Phi) is 3.53. The molecular weight excluding hydrogens is 300 g/mol. The molecule has 3 heteroatoms. The molecule has 124 valence electrons. The third-order valence-corrected chi connectivity index (χ3v) is 6.74. The number of rotatable bonds is 0. The van der Waals surface area contributed by atoms with Gasteiger partial charge in [-0.1, -0.05) is 18.9 Å². The van der Waals surface area contributed by atoms with Gasteiger partial charge in [-0.05, 0) is 79.0 Å². The van der Waals surface area contributed by atoms with E-state index in [1.54, 1.807) is 0 Å². The van der Waals surface area contributed by atoms with Crippen LogP contribution in [0.2, 0.25) is 0 Å². The van der Waals surface area contributed by atoms with E-state index in [0.717, 1.165) is 44.1 Å². The predicted octanol–water partition coefficient (Wildman–Crippen LogP) is 2.21. The average molecular weight is 321 g/mol. The molecule has 0 amide bonds. The standard InChI is InChI=1S/C21H22O3/c1-21-11-10-16-15-5-2-13(3-9-20(23)24)12-14(15)4-6-17(16)18(21)7-8-19(21)22/h2,5,12,16-18H,4,6-8,10-11H2,1H3,(H,23,24)/p-1/t16?,17?,18?,21-/m0/s1. The second kappa shape index (κ2) is 5.48. The SMILES string of the molecule is C[C@]12CCC3c4ccc(C#CC(=O)[O-])cc4CCC3C1CCC2=O. The number of hydrogen-bond acceptors (Lipinski definition) is 3.